The van der Waals surface area contributed by atoms with Crippen molar-refractivity contribution in [3.8, 4) is 0 Å². The highest BCUT2D eigenvalue weighted by atomic mass is 16.6. The molecule has 8 nitrogen and oxygen atoms in total. The molecule has 0 N–H and O–H groups in total. The van der Waals surface area contributed by atoms with E-state index in [0.717, 1.165) is 51.4 Å². The van der Waals surface area contributed by atoms with Crippen LogP contribution in [0.5, 0.6) is 0 Å². The number of quaternary nitrogens is 1. The van der Waals surface area contributed by atoms with Gasteiger partial charge >= 0.3 is 11.9 Å². The van der Waals surface area contributed by atoms with Gasteiger partial charge in [0.25, 0.3) is 0 Å². The Morgan fingerprint density at radius 1 is 0.652 bits per heavy atom. The number of rotatable bonds is 32. The molecule has 2 atom stereocenters. The second-order valence-electron chi connectivity index (χ2n) is 13.5. The number of aliphatic carboxylic acids is 1. The Bertz CT molecular complexity index is 818. The molecule has 46 heavy (non-hydrogen) atoms. The van der Waals surface area contributed by atoms with Gasteiger partial charge in [-0.15, -0.1) is 0 Å². The monoisotopic (exact) mass is 652 g/mol. The van der Waals surface area contributed by atoms with Crippen molar-refractivity contribution in [2.75, 3.05) is 41.0 Å². The lowest BCUT2D eigenvalue weighted by atomic mass is 10.1. The Hall–Kier alpha value is -2.19. The molecule has 0 radical (unpaired) electrons. The molecule has 268 valence electrons. The van der Waals surface area contributed by atoms with E-state index in [9.17, 15) is 19.5 Å². The van der Waals surface area contributed by atoms with E-state index in [-0.39, 0.29) is 42.7 Å². The number of nitrogens with zero attached hydrogens (tertiary/aromatic N) is 1. The van der Waals surface area contributed by atoms with Crippen LogP contribution in [0.15, 0.2) is 24.3 Å². The summed E-state index contributed by atoms with van der Waals surface area (Å²) in [5.41, 5.74) is 0. The van der Waals surface area contributed by atoms with Crippen molar-refractivity contribution in [3.63, 3.8) is 0 Å². The Balaban J connectivity index is 4.37. The third-order valence-electron chi connectivity index (χ3n) is 8.12. The number of carboxylic acid groups (broad SMARTS) is 1. The minimum absolute atomic E-state index is 0.0391. The summed E-state index contributed by atoms with van der Waals surface area (Å²) >= 11 is 0. The van der Waals surface area contributed by atoms with Crippen molar-refractivity contribution in [1.29, 1.82) is 0 Å². The quantitative estimate of drug-likeness (QED) is 0.0319. The van der Waals surface area contributed by atoms with Crippen molar-refractivity contribution >= 4 is 17.9 Å². The number of unbranched alkanes of at least 4 members (excludes halogenated alkanes) is 15. The second-order valence-corrected chi connectivity index (χ2v) is 13.5. The zero-order valence-corrected chi connectivity index (χ0v) is 30.2. The summed E-state index contributed by atoms with van der Waals surface area (Å²) < 4.78 is 17.0. The standard InChI is InChI=1S/C38H69NO7/c1-6-8-10-12-14-15-16-17-18-19-20-21-23-24-26-28-36(40)45-33-34(32-44-31-30-35(38(42)43)39(3,4)5)46-37(41)29-27-25-22-13-11-9-7-2/h14-17,34-35H,6-13,18-33H2,1-5H3/b15-14+,17-16+. The molecule has 0 aliphatic carbocycles. The van der Waals surface area contributed by atoms with Crippen molar-refractivity contribution < 1.29 is 38.2 Å². The third kappa shape index (κ3) is 28.1. The highest BCUT2D eigenvalue weighted by molar-refractivity contribution is 5.70. The average molecular weight is 652 g/mol. The van der Waals surface area contributed by atoms with E-state index in [4.69, 9.17) is 14.2 Å². The van der Waals surface area contributed by atoms with E-state index in [1.54, 1.807) is 21.1 Å². The van der Waals surface area contributed by atoms with Crippen LogP contribution in [0.1, 0.15) is 149 Å². The highest BCUT2D eigenvalue weighted by Gasteiger charge is 2.25. The fourth-order valence-electron chi connectivity index (χ4n) is 5.18. The first-order chi connectivity index (χ1) is 22.1. The van der Waals surface area contributed by atoms with Crippen LogP contribution in [0.2, 0.25) is 0 Å². The summed E-state index contributed by atoms with van der Waals surface area (Å²) in [5, 5.41) is 11.5. The van der Waals surface area contributed by atoms with Crippen LogP contribution in [0.3, 0.4) is 0 Å². The van der Waals surface area contributed by atoms with Crippen molar-refractivity contribution in [2.45, 2.75) is 161 Å². The zero-order valence-electron chi connectivity index (χ0n) is 30.2. The number of carboxylic acids is 1. The maximum Gasteiger partial charge on any atom is 0.306 e. The molecule has 0 aromatic heterocycles. The van der Waals surface area contributed by atoms with Gasteiger partial charge in [-0.3, -0.25) is 9.59 Å². The normalized spacial score (nSPS) is 13.3. The lowest BCUT2D eigenvalue weighted by molar-refractivity contribution is -0.889. The largest absolute Gasteiger partial charge is 0.544 e. The molecule has 0 bridgehead atoms. The van der Waals surface area contributed by atoms with Crippen LogP contribution in [-0.4, -0.2) is 75.5 Å². The summed E-state index contributed by atoms with van der Waals surface area (Å²) in [6, 6.07) is -0.722. The van der Waals surface area contributed by atoms with Gasteiger partial charge in [0.2, 0.25) is 0 Å². The van der Waals surface area contributed by atoms with Gasteiger partial charge in [-0.2, -0.15) is 0 Å². The third-order valence-corrected chi connectivity index (χ3v) is 8.12. The lowest BCUT2D eigenvalue weighted by Gasteiger charge is -2.34. The Morgan fingerprint density at radius 3 is 1.67 bits per heavy atom. The molecule has 0 aromatic carbocycles. The second kappa shape index (κ2) is 30.2. The minimum Gasteiger partial charge on any atom is -0.544 e. The molecule has 2 unspecified atom stereocenters. The Labute approximate surface area is 281 Å². The predicted molar refractivity (Wildman–Crippen MR) is 185 cm³/mol. The van der Waals surface area contributed by atoms with Crippen molar-refractivity contribution in [3.05, 3.63) is 24.3 Å². The maximum atomic E-state index is 12.5. The molecule has 0 saturated heterocycles. The first-order valence-corrected chi connectivity index (χ1v) is 18.4. The van der Waals surface area contributed by atoms with Gasteiger partial charge < -0.3 is 28.6 Å². The number of hydrogen-bond donors (Lipinski definition) is 0. The van der Waals surface area contributed by atoms with Crippen LogP contribution in [0.25, 0.3) is 0 Å². The van der Waals surface area contributed by atoms with Crippen molar-refractivity contribution in [2.24, 2.45) is 0 Å². The van der Waals surface area contributed by atoms with E-state index in [1.807, 2.05) is 0 Å². The lowest BCUT2D eigenvalue weighted by Crippen LogP contribution is -2.55. The first-order valence-electron chi connectivity index (χ1n) is 18.4. The number of hydrogen-bond acceptors (Lipinski definition) is 7. The van der Waals surface area contributed by atoms with E-state index in [0.29, 0.717) is 12.8 Å². The fourth-order valence-corrected chi connectivity index (χ4v) is 5.18. The number of esters is 2. The molecule has 0 fully saturated rings. The number of carbonyl (C=O) groups excluding carboxylic acids is 3. The fraction of sp³-hybridized carbons (Fsp3) is 0.816. The molecule has 0 aliphatic rings. The number of carbonyl (C=O) groups is 3. The number of allylic oxidation sites excluding steroid dienone is 4. The maximum absolute atomic E-state index is 12.5. The van der Waals surface area contributed by atoms with Gasteiger partial charge in [0.15, 0.2) is 6.10 Å². The molecule has 0 amide bonds. The summed E-state index contributed by atoms with van der Waals surface area (Å²) in [6.45, 7) is 4.56. The number of likely N-dealkylation sites (N-methyl/N-ethyl adjacent to an activating group) is 1. The van der Waals surface area contributed by atoms with Gasteiger partial charge in [0.1, 0.15) is 12.6 Å². The van der Waals surface area contributed by atoms with Gasteiger partial charge in [-0.05, 0) is 38.5 Å². The minimum atomic E-state index is -1.13. The van der Waals surface area contributed by atoms with E-state index in [1.165, 1.54) is 64.2 Å². The predicted octanol–water partition coefficient (Wildman–Crippen LogP) is 7.63. The molecule has 0 aliphatic heterocycles. The molecule has 0 heterocycles. The van der Waals surface area contributed by atoms with Gasteiger partial charge in [0, 0.05) is 19.3 Å². The smallest absolute Gasteiger partial charge is 0.306 e. The molecule has 8 heteroatoms. The average Bonchev–Trinajstić information content (AvgIpc) is 3.00. The molecule has 0 aromatic rings. The molecule has 0 saturated carbocycles. The van der Waals surface area contributed by atoms with Crippen LogP contribution < -0.4 is 5.11 Å². The zero-order chi connectivity index (χ0) is 34.3. The molecule has 0 rings (SSSR count). The van der Waals surface area contributed by atoms with E-state index in [2.05, 4.69) is 38.2 Å². The van der Waals surface area contributed by atoms with Crippen LogP contribution in [-0.2, 0) is 28.6 Å². The first kappa shape index (κ1) is 43.8. The number of ether oxygens (including phenoxy) is 3. The van der Waals surface area contributed by atoms with Crippen molar-refractivity contribution in [1.82, 2.24) is 0 Å². The Kier molecular flexibility index (Phi) is 28.7. The van der Waals surface area contributed by atoms with E-state index >= 15 is 0 Å². The van der Waals surface area contributed by atoms with Gasteiger partial charge in [-0.1, -0.05) is 115 Å². The van der Waals surface area contributed by atoms with Gasteiger partial charge in [0.05, 0.1) is 40.3 Å². The van der Waals surface area contributed by atoms with Gasteiger partial charge in [-0.25, -0.2) is 0 Å². The Morgan fingerprint density at radius 2 is 1.13 bits per heavy atom. The summed E-state index contributed by atoms with van der Waals surface area (Å²) in [5.74, 6) is -1.76. The van der Waals surface area contributed by atoms with Crippen LogP contribution in [0, 0.1) is 0 Å². The van der Waals surface area contributed by atoms with Crippen LogP contribution >= 0.6 is 0 Å². The summed E-state index contributed by atoms with van der Waals surface area (Å²) in [7, 11) is 5.38. The van der Waals surface area contributed by atoms with E-state index < -0.39 is 18.1 Å². The molecular formula is C38H69NO7. The topological polar surface area (TPSA) is 102 Å². The highest BCUT2D eigenvalue weighted by Crippen LogP contribution is 2.13. The SMILES string of the molecule is CCCCC/C=C/C=C/CCCCCCCCC(=O)OCC(COCCC(C(=O)[O-])[N+](C)(C)C)OC(=O)CCCCCCCCC. The summed E-state index contributed by atoms with van der Waals surface area (Å²) in [4.78, 5) is 36.4. The molecular weight excluding hydrogens is 582 g/mol. The summed E-state index contributed by atoms with van der Waals surface area (Å²) in [6.07, 6.45) is 29.2. The van der Waals surface area contributed by atoms with Crippen LogP contribution in [0.4, 0.5) is 0 Å². The molecule has 0 spiro atoms.